The molecule has 0 saturated carbocycles. The number of ether oxygens (including phenoxy) is 4. The number of rotatable bonds is 8. The Morgan fingerprint density at radius 2 is 1.59 bits per heavy atom. The summed E-state index contributed by atoms with van der Waals surface area (Å²) in [6, 6.07) is 12.9. The Bertz CT molecular complexity index is 944. The molecule has 0 radical (unpaired) electrons. The topological polar surface area (TPSA) is 57.2 Å². The number of nitrogens with zero attached hydrogens (tertiary/aromatic N) is 1. The average Bonchev–Trinajstić information content (AvgIpc) is 2.98. The van der Waals surface area contributed by atoms with Crippen molar-refractivity contribution in [3.05, 3.63) is 52.9 Å². The first-order valence-electron chi connectivity index (χ1n) is 8.81. The van der Waals surface area contributed by atoms with Crippen LogP contribution in [0.2, 0.25) is 0 Å². The molecule has 152 valence electrons. The van der Waals surface area contributed by atoms with Gasteiger partial charge in [0.2, 0.25) is 0 Å². The number of methoxy groups -OCH3 is 2. The zero-order chi connectivity index (χ0) is 20.8. The first kappa shape index (κ1) is 21.0. The monoisotopic (exact) mass is 431 g/mol. The highest BCUT2D eigenvalue weighted by Gasteiger charge is 2.28. The van der Waals surface area contributed by atoms with Crippen LogP contribution in [0.15, 0.2) is 47.4 Å². The van der Waals surface area contributed by atoms with Gasteiger partial charge in [-0.15, -0.1) is 0 Å². The predicted octanol–water partition coefficient (Wildman–Crippen LogP) is 3.99. The van der Waals surface area contributed by atoms with Crippen LogP contribution in [0.25, 0.3) is 6.08 Å². The largest absolute Gasteiger partial charge is 0.493 e. The van der Waals surface area contributed by atoms with E-state index < -0.39 is 0 Å². The molecule has 1 amide bonds. The maximum atomic E-state index is 12.1. The summed E-state index contributed by atoms with van der Waals surface area (Å²) >= 11 is 6.44. The van der Waals surface area contributed by atoms with E-state index in [2.05, 4.69) is 0 Å². The summed E-state index contributed by atoms with van der Waals surface area (Å²) in [4.78, 5) is 14.2. The van der Waals surface area contributed by atoms with Crippen molar-refractivity contribution >= 4 is 40.3 Å². The Morgan fingerprint density at radius 3 is 2.17 bits per heavy atom. The molecule has 0 atom stereocenters. The highest BCUT2D eigenvalue weighted by molar-refractivity contribution is 8.26. The molecule has 0 aliphatic carbocycles. The van der Waals surface area contributed by atoms with Gasteiger partial charge in [0.05, 0.1) is 19.1 Å². The molecule has 8 heteroatoms. The number of benzene rings is 2. The Morgan fingerprint density at radius 1 is 0.966 bits per heavy atom. The van der Waals surface area contributed by atoms with Crippen LogP contribution in [0.3, 0.4) is 0 Å². The Labute approximate surface area is 179 Å². The first-order chi connectivity index (χ1) is 14.0. The Balaban J connectivity index is 1.62. The second kappa shape index (κ2) is 9.67. The van der Waals surface area contributed by atoms with E-state index in [9.17, 15) is 4.79 Å². The zero-order valence-electron chi connectivity index (χ0n) is 16.3. The number of likely N-dealkylation sites (N-methyl/N-ethyl adjacent to an activating group) is 1. The van der Waals surface area contributed by atoms with Crippen LogP contribution in [-0.2, 0) is 4.79 Å². The summed E-state index contributed by atoms with van der Waals surface area (Å²) in [6.45, 7) is 0.687. The second-order valence-electron chi connectivity index (χ2n) is 6.00. The van der Waals surface area contributed by atoms with Crippen LogP contribution < -0.4 is 18.9 Å². The third-order valence-electron chi connectivity index (χ3n) is 4.14. The van der Waals surface area contributed by atoms with Gasteiger partial charge in [-0.2, -0.15) is 0 Å². The number of hydrogen-bond acceptors (Lipinski definition) is 7. The molecule has 1 aliphatic heterocycles. The van der Waals surface area contributed by atoms with Crippen molar-refractivity contribution in [3.63, 3.8) is 0 Å². The summed E-state index contributed by atoms with van der Waals surface area (Å²) in [7, 11) is 4.84. The van der Waals surface area contributed by atoms with Crippen LogP contribution in [0.4, 0.5) is 0 Å². The molecule has 0 aromatic heterocycles. The Hall–Kier alpha value is -2.71. The summed E-state index contributed by atoms with van der Waals surface area (Å²) in [5.41, 5.74) is 0.827. The minimum Gasteiger partial charge on any atom is -0.493 e. The van der Waals surface area contributed by atoms with Crippen molar-refractivity contribution in [2.75, 3.05) is 34.5 Å². The highest BCUT2D eigenvalue weighted by Crippen LogP contribution is 2.34. The molecule has 1 saturated heterocycles. The van der Waals surface area contributed by atoms with Crippen LogP contribution >= 0.6 is 24.0 Å². The molecular formula is C21H21NO5S2. The fraction of sp³-hybridized carbons (Fsp3) is 0.238. The minimum absolute atomic E-state index is 0.104. The number of para-hydroxylation sites is 2. The van der Waals surface area contributed by atoms with E-state index >= 15 is 0 Å². The maximum Gasteiger partial charge on any atom is 0.265 e. The lowest BCUT2D eigenvalue weighted by atomic mass is 10.2. The molecule has 29 heavy (non-hydrogen) atoms. The fourth-order valence-corrected chi connectivity index (χ4v) is 3.81. The fourth-order valence-electron chi connectivity index (χ4n) is 2.63. The molecule has 2 aromatic rings. The molecule has 3 rings (SSSR count). The van der Waals surface area contributed by atoms with Crippen molar-refractivity contribution in [1.29, 1.82) is 0 Å². The quantitative estimate of drug-likeness (QED) is 0.356. The van der Waals surface area contributed by atoms with Gasteiger partial charge >= 0.3 is 0 Å². The molecule has 6 nitrogen and oxygen atoms in total. The minimum atomic E-state index is -0.104. The van der Waals surface area contributed by atoms with Crippen molar-refractivity contribution in [2.24, 2.45) is 0 Å². The SMILES string of the molecule is COc1ccccc1OCCOc1ccc(/C=C2/SC(=S)N(C)C2=O)cc1OC. The highest BCUT2D eigenvalue weighted by atomic mass is 32.2. The second-order valence-corrected chi connectivity index (χ2v) is 7.67. The summed E-state index contributed by atoms with van der Waals surface area (Å²) < 4.78 is 22.7. The molecule has 2 aromatic carbocycles. The molecule has 1 aliphatic rings. The van der Waals surface area contributed by atoms with Gasteiger partial charge in [-0.25, -0.2) is 0 Å². The van der Waals surface area contributed by atoms with E-state index in [1.54, 1.807) is 33.4 Å². The average molecular weight is 432 g/mol. The third kappa shape index (κ3) is 5.02. The number of thiocarbonyl (C=S) groups is 1. The molecular weight excluding hydrogens is 410 g/mol. The number of amides is 1. The number of thioether (sulfide) groups is 1. The molecule has 0 N–H and O–H groups in total. The molecule has 0 bridgehead atoms. The van der Waals surface area contributed by atoms with Crippen molar-refractivity contribution < 1.29 is 23.7 Å². The maximum absolute atomic E-state index is 12.1. The van der Waals surface area contributed by atoms with E-state index in [1.807, 2.05) is 36.4 Å². The molecule has 1 fully saturated rings. The van der Waals surface area contributed by atoms with Crippen LogP contribution in [0.1, 0.15) is 5.56 Å². The summed E-state index contributed by atoms with van der Waals surface area (Å²) in [5, 5.41) is 0. The number of carbonyl (C=O) groups is 1. The van der Waals surface area contributed by atoms with Gasteiger partial charge in [0.25, 0.3) is 5.91 Å². The Kier molecular flexibility index (Phi) is 7.00. The van der Waals surface area contributed by atoms with Crippen LogP contribution in [0, 0.1) is 0 Å². The van der Waals surface area contributed by atoms with Gasteiger partial charge in [-0.05, 0) is 35.9 Å². The van der Waals surface area contributed by atoms with Gasteiger partial charge in [-0.1, -0.05) is 42.2 Å². The van der Waals surface area contributed by atoms with E-state index in [0.29, 0.717) is 45.4 Å². The smallest absolute Gasteiger partial charge is 0.265 e. The van der Waals surface area contributed by atoms with E-state index in [4.69, 9.17) is 31.2 Å². The predicted molar refractivity (Wildman–Crippen MR) is 118 cm³/mol. The van der Waals surface area contributed by atoms with Gasteiger partial charge in [0, 0.05) is 7.05 Å². The van der Waals surface area contributed by atoms with Crippen molar-refractivity contribution in [3.8, 4) is 23.0 Å². The lowest BCUT2D eigenvalue weighted by Crippen LogP contribution is -2.22. The lowest BCUT2D eigenvalue weighted by Gasteiger charge is -2.13. The van der Waals surface area contributed by atoms with E-state index in [-0.39, 0.29) is 5.91 Å². The van der Waals surface area contributed by atoms with Gasteiger partial charge in [0.15, 0.2) is 23.0 Å². The summed E-state index contributed by atoms with van der Waals surface area (Å²) in [5.74, 6) is 2.40. The summed E-state index contributed by atoms with van der Waals surface area (Å²) in [6.07, 6.45) is 1.79. The van der Waals surface area contributed by atoms with Crippen molar-refractivity contribution in [1.82, 2.24) is 4.90 Å². The standard InChI is InChI=1S/C21H21NO5S2/c1-22-20(23)19(29-21(22)28)13-14-8-9-17(18(12-14)25-3)27-11-10-26-16-7-5-4-6-15(16)24-2/h4-9,12-13H,10-11H2,1-3H3/b19-13+. The first-order valence-corrected chi connectivity index (χ1v) is 10.0. The number of carbonyl (C=O) groups excluding carboxylic acids is 1. The van der Waals surface area contributed by atoms with Gasteiger partial charge in [0.1, 0.15) is 17.5 Å². The van der Waals surface area contributed by atoms with Crippen LogP contribution in [-0.4, -0.2) is 49.6 Å². The zero-order valence-corrected chi connectivity index (χ0v) is 18.0. The molecule has 0 unspecified atom stereocenters. The molecule has 1 heterocycles. The van der Waals surface area contributed by atoms with Gasteiger partial charge in [-0.3, -0.25) is 9.69 Å². The number of hydrogen-bond donors (Lipinski definition) is 0. The van der Waals surface area contributed by atoms with E-state index in [0.717, 1.165) is 5.56 Å². The van der Waals surface area contributed by atoms with Crippen LogP contribution in [0.5, 0.6) is 23.0 Å². The normalized spacial score (nSPS) is 15.0. The molecule has 0 spiro atoms. The third-order valence-corrected chi connectivity index (χ3v) is 5.62. The van der Waals surface area contributed by atoms with Crippen molar-refractivity contribution in [2.45, 2.75) is 0 Å². The lowest BCUT2D eigenvalue weighted by molar-refractivity contribution is -0.121. The van der Waals surface area contributed by atoms with E-state index in [1.165, 1.54) is 16.7 Å². The van der Waals surface area contributed by atoms with Gasteiger partial charge < -0.3 is 18.9 Å².